The molecular weight excluding hydrogens is 628 g/mol. The Hall–Kier alpha value is -0.890. The summed E-state index contributed by atoms with van der Waals surface area (Å²) in [4.78, 5) is 40.1. The van der Waals surface area contributed by atoms with E-state index in [1.165, 1.54) is 103 Å². The van der Waals surface area contributed by atoms with Gasteiger partial charge >= 0.3 is 6.16 Å². The number of carbonyl (C=O) groups excluding carboxylic acids is 1. The van der Waals surface area contributed by atoms with Crippen molar-refractivity contribution < 1.29 is 33.8 Å². The SMILES string of the molecule is CC(C)(OOC1(OC(=O)OC2(OOC(C)(C)C3CCCCC3)CCCCCCCCCCC2)CCCCCCCCCCC1)C1CCCCC1. The summed E-state index contributed by atoms with van der Waals surface area (Å²) in [6.45, 7) is 8.57. The average molecular weight is 707 g/mol. The fourth-order valence-electron chi connectivity index (χ4n) is 9.13. The Balaban J connectivity index is 1.54. The molecule has 0 amide bonds. The van der Waals surface area contributed by atoms with Crippen molar-refractivity contribution in [1.82, 2.24) is 0 Å². The Kier molecular flexibility index (Phi) is 18.2. The first-order valence-corrected chi connectivity index (χ1v) is 21.8. The van der Waals surface area contributed by atoms with Crippen LogP contribution < -0.4 is 0 Å². The van der Waals surface area contributed by atoms with E-state index in [0.29, 0.717) is 37.5 Å². The molecule has 0 aromatic rings. The zero-order valence-corrected chi connectivity index (χ0v) is 33.1. The third kappa shape index (κ3) is 14.5. The summed E-state index contributed by atoms with van der Waals surface area (Å²) in [6, 6.07) is 0. The van der Waals surface area contributed by atoms with Crippen molar-refractivity contribution in [2.45, 2.75) is 256 Å². The van der Waals surface area contributed by atoms with Crippen LogP contribution in [0.5, 0.6) is 0 Å². The number of carbonyl (C=O) groups is 1. The molecule has 0 atom stereocenters. The van der Waals surface area contributed by atoms with Crippen LogP contribution in [0.3, 0.4) is 0 Å². The first-order chi connectivity index (χ1) is 24.1. The largest absolute Gasteiger partial charge is 0.513 e. The maximum absolute atomic E-state index is 14.3. The third-order valence-corrected chi connectivity index (χ3v) is 12.8. The zero-order valence-electron chi connectivity index (χ0n) is 33.1. The molecule has 50 heavy (non-hydrogen) atoms. The second kappa shape index (κ2) is 21.7. The summed E-state index contributed by atoms with van der Waals surface area (Å²) in [6.07, 6.45) is 34.2. The molecular formula is C43H78O7. The minimum atomic E-state index is -1.20. The van der Waals surface area contributed by atoms with Gasteiger partial charge in [-0.2, -0.15) is 9.78 Å². The minimum absolute atomic E-state index is 0.420. The number of rotatable bonds is 10. The molecule has 4 fully saturated rings. The van der Waals surface area contributed by atoms with Gasteiger partial charge in [-0.05, 0) is 90.9 Å². The zero-order chi connectivity index (χ0) is 35.6. The molecule has 4 aliphatic carbocycles. The molecule has 0 aliphatic heterocycles. The Labute approximate surface area is 307 Å². The highest BCUT2D eigenvalue weighted by molar-refractivity contribution is 5.61. The van der Waals surface area contributed by atoms with Gasteiger partial charge in [-0.3, -0.25) is 0 Å². The number of hydrogen-bond acceptors (Lipinski definition) is 7. The van der Waals surface area contributed by atoms with Gasteiger partial charge in [-0.15, -0.1) is 0 Å². The molecule has 0 aromatic carbocycles. The van der Waals surface area contributed by atoms with E-state index < -0.39 is 28.9 Å². The van der Waals surface area contributed by atoms with Crippen LogP contribution in [0.4, 0.5) is 4.79 Å². The van der Waals surface area contributed by atoms with E-state index in [9.17, 15) is 4.79 Å². The minimum Gasteiger partial charge on any atom is -0.399 e. The second-order valence-corrected chi connectivity index (χ2v) is 17.8. The highest BCUT2D eigenvalue weighted by atomic mass is 17.3. The Morgan fingerprint density at radius 1 is 0.400 bits per heavy atom. The molecule has 7 heteroatoms. The van der Waals surface area contributed by atoms with E-state index in [4.69, 9.17) is 29.0 Å². The lowest BCUT2D eigenvalue weighted by Crippen LogP contribution is -2.47. The van der Waals surface area contributed by atoms with Gasteiger partial charge in [0.1, 0.15) is 11.2 Å². The van der Waals surface area contributed by atoms with Crippen molar-refractivity contribution in [2.24, 2.45) is 11.8 Å². The predicted molar refractivity (Wildman–Crippen MR) is 200 cm³/mol. The summed E-state index contributed by atoms with van der Waals surface area (Å²) in [7, 11) is 0. The fourth-order valence-corrected chi connectivity index (χ4v) is 9.13. The van der Waals surface area contributed by atoms with Crippen LogP contribution in [0, 0.1) is 11.8 Å². The van der Waals surface area contributed by atoms with Gasteiger partial charge in [0, 0.05) is 25.7 Å². The predicted octanol–water partition coefficient (Wildman–Crippen LogP) is 13.8. The molecule has 0 radical (unpaired) electrons. The lowest BCUT2D eigenvalue weighted by atomic mass is 9.79. The number of ether oxygens (including phenoxy) is 2. The van der Waals surface area contributed by atoms with Crippen LogP contribution in [-0.4, -0.2) is 28.9 Å². The van der Waals surface area contributed by atoms with Crippen LogP contribution in [-0.2, 0) is 29.0 Å². The molecule has 4 aliphatic rings. The highest BCUT2D eigenvalue weighted by Crippen LogP contribution is 2.41. The number of hydrogen-bond donors (Lipinski definition) is 0. The lowest BCUT2D eigenvalue weighted by Gasteiger charge is -2.41. The topological polar surface area (TPSA) is 72.5 Å². The van der Waals surface area contributed by atoms with Crippen molar-refractivity contribution in [3.05, 3.63) is 0 Å². The van der Waals surface area contributed by atoms with Crippen LogP contribution in [0.25, 0.3) is 0 Å². The van der Waals surface area contributed by atoms with E-state index in [0.717, 1.165) is 77.0 Å². The fraction of sp³-hybridized carbons (Fsp3) is 0.977. The van der Waals surface area contributed by atoms with E-state index in [-0.39, 0.29) is 0 Å². The van der Waals surface area contributed by atoms with Gasteiger partial charge in [0.2, 0.25) is 11.6 Å². The van der Waals surface area contributed by atoms with Crippen LogP contribution in [0.15, 0.2) is 0 Å². The van der Waals surface area contributed by atoms with Crippen molar-refractivity contribution >= 4 is 6.16 Å². The summed E-state index contributed by atoms with van der Waals surface area (Å²) in [5.74, 6) is -1.55. The normalized spacial score (nSPS) is 25.2. The molecule has 0 saturated heterocycles. The summed E-state index contributed by atoms with van der Waals surface area (Å²) < 4.78 is 12.9. The average Bonchev–Trinajstić information content (AvgIpc) is 3.10. The molecule has 4 rings (SSSR count). The Morgan fingerprint density at radius 2 is 0.640 bits per heavy atom. The van der Waals surface area contributed by atoms with Crippen molar-refractivity contribution in [3.63, 3.8) is 0 Å². The smallest absolute Gasteiger partial charge is 0.399 e. The van der Waals surface area contributed by atoms with Crippen molar-refractivity contribution in [1.29, 1.82) is 0 Å². The van der Waals surface area contributed by atoms with Crippen LogP contribution >= 0.6 is 0 Å². The molecule has 0 N–H and O–H groups in total. The quantitative estimate of drug-likeness (QED) is 0.0969. The molecule has 292 valence electrons. The molecule has 7 nitrogen and oxygen atoms in total. The summed E-state index contributed by atoms with van der Waals surface area (Å²) >= 11 is 0. The maximum Gasteiger partial charge on any atom is 0.513 e. The van der Waals surface area contributed by atoms with Gasteiger partial charge in [0.15, 0.2) is 0 Å². The summed E-state index contributed by atoms with van der Waals surface area (Å²) in [5, 5.41) is 0. The first kappa shape index (κ1) is 41.9. The molecule has 0 aromatic heterocycles. The van der Waals surface area contributed by atoms with Gasteiger partial charge in [-0.25, -0.2) is 14.6 Å². The summed E-state index contributed by atoms with van der Waals surface area (Å²) in [5.41, 5.74) is -0.943. The molecule has 4 saturated carbocycles. The maximum atomic E-state index is 14.3. The molecule has 0 spiro atoms. The van der Waals surface area contributed by atoms with Crippen LogP contribution in [0.2, 0.25) is 0 Å². The highest BCUT2D eigenvalue weighted by Gasteiger charge is 2.46. The van der Waals surface area contributed by atoms with E-state index in [2.05, 4.69) is 27.7 Å². The second-order valence-electron chi connectivity index (χ2n) is 17.8. The molecule has 0 unspecified atom stereocenters. The molecule has 0 bridgehead atoms. The van der Waals surface area contributed by atoms with Gasteiger partial charge in [-0.1, -0.05) is 128 Å². The monoisotopic (exact) mass is 707 g/mol. The third-order valence-electron chi connectivity index (χ3n) is 12.8. The first-order valence-electron chi connectivity index (χ1n) is 21.8. The van der Waals surface area contributed by atoms with Crippen LogP contribution in [0.1, 0.15) is 233 Å². The van der Waals surface area contributed by atoms with E-state index >= 15 is 0 Å². The van der Waals surface area contributed by atoms with Gasteiger partial charge in [0.25, 0.3) is 0 Å². The van der Waals surface area contributed by atoms with Gasteiger partial charge < -0.3 is 9.47 Å². The lowest BCUT2D eigenvalue weighted by molar-refractivity contribution is -0.477. The van der Waals surface area contributed by atoms with Crippen molar-refractivity contribution in [3.8, 4) is 0 Å². The van der Waals surface area contributed by atoms with E-state index in [1.807, 2.05) is 0 Å². The Morgan fingerprint density at radius 3 is 0.920 bits per heavy atom. The Bertz CT molecular complexity index is 824. The standard InChI is InChI=1S/C43H78O7/c1-40(2,37-29-21-19-22-30-37)47-49-42(33-25-15-11-7-5-8-12-16-26-34-42)45-39(44)46-43(35-27-17-13-9-6-10-14-18-28-36-43)50-48-41(3,4)38-31-23-20-24-32-38/h37-38H,5-36H2,1-4H3. The van der Waals surface area contributed by atoms with Gasteiger partial charge in [0.05, 0.1) is 0 Å². The van der Waals surface area contributed by atoms with Crippen molar-refractivity contribution in [2.75, 3.05) is 0 Å². The van der Waals surface area contributed by atoms with E-state index in [1.54, 1.807) is 0 Å². The molecule has 0 heterocycles.